The van der Waals surface area contributed by atoms with Crippen LogP contribution < -0.4 is 5.32 Å². The van der Waals surface area contributed by atoms with E-state index in [0.717, 1.165) is 14.7 Å². The number of benzene rings is 1. The predicted molar refractivity (Wildman–Crippen MR) is 90.0 cm³/mol. The fourth-order valence-electron chi connectivity index (χ4n) is 2.60. The van der Waals surface area contributed by atoms with E-state index in [2.05, 4.69) is 27.9 Å². The summed E-state index contributed by atoms with van der Waals surface area (Å²) >= 11 is 2.19. The van der Waals surface area contributed by atoms with Gasteiger partial charge >= 0.3 is 5.97 Å². The number of anilines is 1. The first-order valence-corrected chi connectivity index (χ1v) is 7.91. The Labute approximate surface area is 137 Å². The molecule has 1 aliphatic carbocycles. The van der Waals surface area contributed by atoms with Gasteiger partial charge in [0.05, 0.1) is 11.8 Å². The van der Waals surface area contributed by atoms with Crippen molar-refractivity contribution < 1.29 is 14.7 Å². The van der Waals surface area contributed by atoms with Crippen molar-refractivity contribution in [3.63, 3.8) is 0 Å². The van der Waals surface area contributed by atoms with Crippen molar-refractivity contribution in [3.8, 4) is 0 Å². The van der Waals surface area contributed by atoms with E-state index in [4.69, 9.17) is 0 Å². The largest absolute Gasteiger partial charge is 0.481 e. The standard InChI is InChI=1S/C16H18INO3/c1-9-7-13(14(16(20)21)8-10(9)2)15(19)18-12-5-3-11(17)4-6-12/h3-6,13-14H,7-8H2,1-2H3,(H,18,19)(H,20,21)/t13-,14-/m0/s1. The van der Waals surface area contributed by atoms with Crippen molar-refractivity contribution in [1.82, 2.24) is 0 Å². The first-order valence-electron chi connectivity index (χ1n) is 6.83. The summed E-state index contributed by atoms with van der Waals surface area (Å²) in [6.07, 6.45) is 0.963. The highest BCUT2D eigenvalue weighted by Crippen LogP contribution is 2.35. The fourth-order valence-corrected chi connectivity index (χ4v) is 2.96. The molecule has 0 aliphatic heterocycles. The molecule has 21 heavy (non-hydrogen) atoms. The van der Waals surface area contributed by atoms with Gasteiger partial charge in [0.2, 0.25) is 5.91 Å². The molecule has 2 atom stereocenters. The molecule has 0 radical (unpaired) electrons. The maximum Gasteiger partial charge on any atom is 0.307 e. The predicted octanol–water partition coefficient (Wildman–Crippen LogP) is 3.68. The van der Waals surface area contributed by atoms with Crippen molar-refractivity contribution in [2.45, 2.75) is 26.7 Å². The van der Waals surface area contributed by atoms with Gasteiger partial charge in [0.25, 0.3) is 0 Å². The molecule has 1 aromatic carbocycles. The second kappa shape index (κ2) is 6.60. The maximum absolute atomic E-state index is 12.4. The molecule has 112 valence electrons. The lowest BCUT2D eigenvalue weighted by molar-refractivity contribution is -0.146. The van der Waals surface area contributed by atoms with E-state index in [1.165, 1.54) is 0 Å². The van der Waals surface area contributed by atoms with Crippen LogP contribution in [0.4, 0.5) is 5.69 Å². The quantitative estimate of drug-likeness (QED) is 0.602. The number of aliphatic carboxylic acids is 1. The zero-order valence-electron chi connectivity index (χ0n) is 12.0. The Morgan fingerprint density at radius 3 is 2.14 bits per heavy atom. The van der Waals surface area contributed by atoms with Crippen LogP contribution in [0, 0.1) is 15.4 Å². The summed E-state index contributed by atoms with van der Waals surface area (Å²) in [5.74, 6) is -2.26. The summed E-state index contributed by atoms with van der Waals surface area (Å²) in [5.41, 5.74) is 2.91. The SMILES string of the molecule is CC1=C(C)C[C@H](C(=O)Nc2ccc(I)cc2)[C@@H](C(=O)O)C1. The van der Waals surface area contributed by atoms with Gasteiger partial charge in [-0.15, -0.1) is 0 Å². The van der Waals surface area contributed by atoms with Crippen molar-refractivity contribution >= 4 is 40.2 Å². The summed E-state index contributed by atoms with van der Waals surface area (Å²) < 4.78 is 1.08. The number of halogens is 1. The molecule has 1 aromatic rings. The number of nitrogens with one attached hydrogen (secondary N) is 1. The van der Waals surface area contributed by atoms with Gasteiger partial charge < -0.3 is 10.4 Å². The Balaban J connectivity index is 2.16. The van der Waals surface area contributed by atoms with Crippen LogP contribution in [-0.4, -0.2) is 17.0 Å². The molecule has 0 saturated heterocycles. The second-order valence-electron chi connectivity index (χ2n) is 5.52. The van der Waals surface area contributed by atoms with E-state index < -0.39 is 17.8 Å². The monoisotopic (exact) mass is 399 g/mol. The highest BCUT2D eigenvalue weighted by Gasteiger charge is 2.37. The molecule has 5 heteroatoms. The zero-order chi connectivity index (χ0) is 15.6. The molecule has 1 amide bonds. The molecule has 0 bridgehead atoms. The minimum absolute atomic E-state index is 0.213. The second-order valence-corrected chi connectivity index (χ2v) is 6.76. The molecule has 0 fully saturated rings. The molecular weight excluding hydrogens is 381 g/mol. The first kappa shape index (κ1) is 16.0. The van der Waals surface area contributed by atoms with Crippen LogP contribution in [0.25, 0.3) is 0 Å². The van der Waals surface area contributed by atoms with E-state index in [-0.39, 0.29) is 5.91 Å². The molecule has 0 unspecified atom stereocenters. The van der Waals surface area contributed by atoms with Gasteiger partial charge in [0.1, 0.15) is 0 Å². The fraction of sp³-hybridized carbons (Fsp3) is 0.375. The average molecular weight is 399 g/mol. The molecule has 2 N–H and O–H groups in total. The molecule has 2 rings (SSSR count). The third kappa shape index (κ3) is 3.84. The van der Waals surface area contributed by atoms with E-state index >= 15 is 0 Å². The molecule has 0 spiro atoms. The van der Waals surface area contributed by atoms with Crippen LogP contribution in [0.5, 0.6) is 0 Å². The van der Waals surface area contributed by atoms with E-state index in [0.29, 0.717) is 18.5 Å². The molecule has 1 aliphatic rings. The van der Waals surface area contributed by atoms with Crippen molar-refractivity contribution in [1.29, 1.82) is 0 Å². The number of hydrogen-bond donors (Lipinski definition) is 2. The smallest absolute Gasteiger partial charge is 0.307 e. The summed E-state index contributed by atoms with van der Waals surface area (Å²) in [7, 11) is 0. The Bertz CT molecular complexity index is 592. The average Bonchev–Trinajstić information content (AvgIpc) is 2.43. The molecule has 4 nitrogen and oxygen atoms in total. The highest BCUT2D eigenvalue weighted by atomic mass is 127. The first-order chi connectivity index (χ1) is 9.88. The number of carboxylic acid groups (broad SMARTS) is 1. The highest BCUT2D eigenvalue weighted by molar-refractivity contribution is 14.1. The number of allylic oxidation sites excluding steroid dienone is 2. The summed E-state index contributed by atoms with van der Waals surface area (Å²) in [6, 6.07) is 7.46. The summed E-state index contributed by atoms with van der Waals surface area (Å²) in [5, 5.41) is 12.2. The van der Waals surface area contributed by atoms with Crippen LogP contribution in [0.1, 0.15) is 26.7 Å². The molecule has 0 saturated carbocycles. The summed E-state index contributed by atoms with van der Waals surface area (Å²) in [4.78, 5) is 23.8. The minimum Gasteiger partial charge on any atom is -0.481 e. The lowest BCUT2D eigenvalue weighted by Gasteiger charge is -2.29. The van der Waals surface area contributed by atoms with Crippen LogP contribution in [0.15, 0.2) is 35.4 Å². The van der Waals surface area contributed by atoms with Crippen molar-refractivity contribution in [2.75, 3.05) is 5.32 Å². The van der Waals surface area contributed by atoms with Gasteiger partial charge in [0.15, 0.2) is 0 Å². The van der Waals surface area contributed by atoms with Crippen LogP contribution in [-0.2, 0) is 9.59 Å². The van der Waals surface area contributed by atoms with Gasteiger partial charge in [-0.05, 0) is 73.5 Å². The molecule has 0 heterocycles. The minimum atomic E-state index is -0.899. The topological polar surface area (TPSA) is 66.4 Å². The van der Waals surface area contributed by atoms with Gasteiger partial charge in [-0.1, -0.05) is 11.1 Å². The number of hydrogen-bond acceptors (Lipinski definition) is 2. The number of amides is 1. The van der Waals surface area contributed by atoms with Gasteiger partial charge in [-0.25, -0.2) is 0 Å². The van der Waals surface area contributed by atoms with Crippen molar-refractivity contribution in [3.05, 3.63) is 39.0 Å². The van der Waals surface area contributed by atoms with Crippen LogP contribution in [0.3, 0.4) is 0 Å². The van der Waals surface area contributed by atoms with Crippen LogP contribution >= 0.6 is 22.6 Å². The zero-order valence-corrected chi connectivity index (χ0v) is 14.2. The Morgan fingerprint density at radius 2 is 1.62 bits per heavy atom. The maximum atomic E-state index is 12.4. The normalized spacial score (nSPS) is 22.0. The summed E-state index contributed by atoms with van der Waals surface area (Å²) in [6.45, 7) is 3.91. The Kier molecular flexibility index (Phi) is 5.03. The lowest BCUT2D eigenvalue weighted by atomic mass is 9.76. The number of carboxylic acids is 1. The molecule has 0 aromatic heterocycles. The van der Waals surface area contributed by atoms with E-state index in [1.807, 2.05) is 38.1 Å². The van der Waals surface area contributed by atoms with Gasteiger partial charge in [0, 0.05) is 9.26 Å². The number of rotatable bonds is 3. The van der Waals surface area contributed by atoms with E-state index in [1.54, 1.807) is 0 Å². The third-order valence-electron chi connectivity index (χ3n) is 4.03. The van der Waals surface area contributed by atoms with E-state index in [9.17, 15) is 14.7 Å². The molecular formula is C16H18INO3. The van der Waals surface area contributed by atoms with Crippen molar-refractivity contribution in [2.24, 2.45) is 11.8 Å². The number of carbonyl (C=O) groups is 2. The lowest BCUT2D eigenvalue weighted by Crippen LogP contribution is -2.36. The van der Waals surface area contributed by atoms with Crippen LogP contribution in [0.2, 0.25) is 0 Å². The Hall–Kier alpha value is -1.37. The third-order valence-corrected chi connectivity index (χ3v) is 4.75. The van der Waals surface area contributed by atoms with Gasteiger partial charge in [-0.2, -0.15) is 0 Å². The Morgan fingerprint density at radius 1 is 1.10 bits per heavy atom. The van der Waals surface area contributed by atoms with Gasteiger partial charge in [-0.3, -0.25) is 9.59 Å². The number of carbonyl (C=O) groups excluding carboxylic acids is 1.